The van der Waals surface area contributed by atoms with Gasteiger partial charge in [0.2, 0.25) is 17.7 Å². The number of imide groups is 1. The number of anilines is 2. The quantitative estimate of drug-likeness (QED) is 0.152. The number of hydrogen-bond acceptors (Lipinski definition) is 11. The maximum atomic E-state index is 13.6. The van der Waals surface area contributed by atoms with E-state index in [2.05, 4.69) is 47.5 Å². The molecule has 5 amide bonds. The molecule has 0 aliphatic carbocycles. The van der Waals surface area contributed by atoms with Gasteiger partial charge >= 0.3 is 6.03 Å². The molecule has 352 valence electrons. The van der Waals surface area contributed by atoms with Crippen LogP contribution in [0.25, 0.3) is 33.1 Å². The number of aromatic amines is 1. The molecule has 5 fully saturated rings. The number of halogens is 2. The Kier molecular flexibility index (Phi) is 11.5. The van der Waals surface area contributed by atoms with Gasteiger partial charge in [-0.2, -0.15) is 10.2 Å². The van der Waals surface area contributed by atoms with Crippen molar-refractivity contribution in [1.29, 1.82) is 0 Å². The SMILES string of the molecule is C[C@@H](Oc1ccc2[nH]nc(-c3ccc(N4CC5(CN(C(=O)C6CCN(C(=O)CN7CCC(c8ccc9c(N%10CCC(=O)NC%10=O)nn(C)c9c8)CC7)CC6)C5)C4)nc3)c2c1)c1c(Cl)cncc1Cl. The molecule has 6 aromatic rings. The van der Waals surface area contributed by atoms with E-state index >= 15 is 0 Å². The normalized spacial score (nSPS) is 19.6. The second-order valence-corrected chi connectivity index (χ2v) is 20.0. The Bertz CT molecular complexity index is 2930. The highest BCUT2D eigenvalue weighted by Crippen LogP contribution is 2.43. The lowest BCUT2D eigenvalue weighted by molar-refractivity contribution is -0.152. The fraction of sp³-hybridized carbons (Fsp3) is 0.429. The largest absolute Gasteiger partial charge is 0.486 e. The number of fused-ring (bicyclic) bond motifs is 2. The lowest BCUT2D eigenvalue weighted by Gasteiger charge is -2.61. The first-order chi connectivity index (χ1) is 32.9. The highest BCUT2D eigenvalue weighted by Gasteiger charge is 2.54. The van der Waals surface area contributed by atoms with Crippen molar-refractivity contribution in [2.45, 2.75) is 51.0 Å². The summed E-state index contributed by atoms with van der Waals surface area (Å²) in [5.74, 6) is 2.52. The number of piperidine rings is 2. The maximum absolute atomic E-state index is 13.6. The minimum Gasteiger partial charge on any atom is -0.486 e. The van der Waals surface area contributed by atoms with Crippen molar-refractivity contribution >= 4 is 80.4 Å². The summed E-state index contributed by atoms with van der Waals surface area (Å²) in [7, 11) is 1.87. The van der Waals surface area contributed by atoms with Gasteiger partial charge in [-0.3, -0.25) is 44.3 Å². The average Bonchev–Trinajstić information content (AvgIpc) is 3.88. The van der Waals surface area contributed by atoms with Gasteiger partial charge in [-0.1, -0.05) is 29.3 Å². The molecule has 0 bridgehead atoms. The molecule has 11 rings (SSSR count). The standard InChI is InChI=1S/C49H52Cl2N12O5/c1-29(44-37(50)22-52-23-38(44)51)68-34-5-7-39-36(20-34)45(56-55-39)33-4-8-41(53-21-33)61-25-49(26-61)27-62(28-49)47(66)31-11-16-60(17-12-31)43(65)24-59-14-9-30(10-15-59)32-3-6-35-40(19-32)58(2)57-46(35)63-18-13-42(64)54-48(63)67/h3-8,19-23,29-31H,9-18,24-28H2,1-2H3,(H,55,56)(H,54,64,67)/t29-/m1/s1. The van der Waals surface area contributed by atoms with E-state index in [4.69, 9.17) is 32.9 Å². The van der Waals surface area contributed by atoms with Crippen LogP contribution < -0.4 is 19.9 Å². The van der Waals surface area contributed by atoms with E-state index in [1.807, 2.05) is 66.4 Å². The summed E-state index contributed by atoms with van der Waals surface area (Å²) in [6, 6.07) is 15.7. The fourth-order valence-corrected chi connectivity index (χ4v) is 11.6. The van der Waals surface area contributed by atoms with Crippen molar-refractivity contribution in [2.24, 2.45) is 18.4 Å². The second-order valence-electron chi connectivity index (χ2n) is 19.2. The Balaban J connectivity index is 0.617. The maximum Gasteiger partial charge on any atom is 0.329 e. The lowest BCUT2D eigenvalue weighted by Crippen LogP contribution is -2.73. The number of aromatic nitrogens is 6. The number of carbonyl (C=O) groups is 4. The lowest BCUT2D eigenvalue weighted by atomic mass is 9.72. The number of carbonyl (C=O) groups excluding carboxylic acids is 4. The van der Waals surface area contributed by atoms with E-state index in [1.54, 1.807) is 17.1 Å². The van der Waals surface area contributed by atoms with Gasteiger partial charge in [-0.15, -0.1) is 0 Å². The van der Waals surface area contributed by atoms with E-state index < -0.39 is 12.1 Å². The van der Waals surface area contributed by atoms with Crippen LogP contribution in [0.15, 0.2) is 67.1 Å². The van der Waals surface area contributed by atoms with Crippen LogP contribution in [0.3, 0.4) is 0 Å². The summed E-state index contributed by atoms with van der Waals surface area (Å²) in [6.45, 7) is 8.72. The molecular formula is C49H52Cl2N12O5. The van der Waals surface area contributed by atoms with Gasteiger partial charge < -0.3 is 19.4 Å². The third-order valence-electron chi connectivity index (χ3n) is 14.7. The minimum atomic E-state index is -0.443. The molecule has 2 aromatic carbocycles. The molecule has 1 atom stereocenters. The third-order valence-corrected chi connectivity index (χ3v) is 15.3. The molecule has 19 heteroatoms. The number of urea groups is 1. The molecule has 17 nitrogen and oxygen atoms in total. The van der Waals surface area contributed by atoms with Crippen LogP contribution in [0.5, 0.6) is 5.75 Å². The number of aryl methyl sites for hydroxylation is 1. The van der Waals surface area contributed by atoms with Gasteiger partial charge in [0.1, 0.15) is 23.4 Å². The van der Waals surface area contributed by atoms with Crippen molar-refractivity contribution < 1.29 is 23.9 Å². The predicted molar refractivity (Wildman–Crippen MR) is 258 cm³/mol. The summed E-state index contributed by atoms with van der Waals surface area (Å²) < 4.78 is 8.05. The number of amides is 5. The number of nitrogens with zero attached hydrogens (tertiary/aromatic N) is 10. The topological polar surface area (TPSA) is 178 Å². The molecular weight excluding hydrogens is 908 g/mol. The Morgan fingerprint density at radius 1 is 0.868 bits per heavy atom. The van der Waals surface area contributed by atoms with Crippen LogP contribution in [0.1, 0.15) is 62.2 Å². The van der Waals surface area contributed by atoms with Crippen molar-refractivity contribution in [3.63, 3.8) is 0 Å². The first-order valence-corrected chi connectivity index (χ1v) is 24.2. The third kappa shape index (κ3) is 8.27. The molecule has 9 heterocycles. The van der Waals surface area contributed by atoms with Crippen molar-refractivity contribution in [3.05, 3.63) is 88.3 Å². The fourth-order valence-electron chi connectivity index (χ4n) is 10.9. The summed E-state index contributed by atoms with van der Waals surface area (Å²) in [5.41, 5.74) is 5.48. The van der Waals surface area contributed by atoms with E-state index in [-0.39, 0.29) is 35.5 Å². The predicted octanol–water partition coefficient (Wildman–Crippen LogP) is 6.57. The second kappa shape index (κ2) is 17.7. The molecule has 5 aliphatic rings. The highest BCUT2D eigenvalue weighted by molar-refractivity contribution is 6.35. The number of rotatable bonds is 10. The molecule has 5 saturated heterocycles. The van der Waals surface area contributed by atoms with Crippen molar-refractivity contribution in [3.8, 4) is 17.0 Å². The van der Waals surface area contributed by atoms with Crippen LogP contribution in [0.2, 0.25) is 10.0 Å². The summed E-state index contributed by atoms with van der Waals surface area (Å²) >= 11 is 12.8. The Morgan fingerprint density at radius 3 is 2.35 bits per heavy atom. The Morgan fingerprint density at radius 2 is 1.63 bits per heavy atom. The van der Waals surface area contributed by atoms with E-state index in [0.29, 0.717) is 72.1 Å². The number of likely N-dealkylation sites (tertiary alicyclic amines) is 3. The number of ether oxygens (including phenoxy) is 1. The molecule has 68 heavy (non-hydrogen) atoms. The smallest absolute Gasteiger partial charge is 0.329 e. The van der Waals surface area contributed by atoms with Gasteiger partial charge in [-0.05, 0) is 99.6 Å². The number of benzene rings is 2. The van der Waals surface area contributed by atoms with E-state index in [0.717, 1.165) is 91.0 Å². The number of H-pyrrole nitrogens is 1. The zero-order chi connectivity index (χ0) is 46.8. The Hall–Kier alpha value is -6.30. The van der Waals surface area contributed by atoms with Crippen LogP contribution in [-0.4, -0.2) is 134 Å². The summed E-state index contributed by atoms with van der Waals surface area (Å²) in [5, 5.41) is 17.4. The molecule has 4 aromatic heterocycles. The molecule has 2 N–H and O–H groups in total. The van der Waals surface area contributed by atoms with Gasteiger partial charge in [0.15, 0.2) is 5.82 Å². The van der Waals surface area contributed by atoms with E-state index in [9.17, 15) is 19.2 Å². The number of nitrogens with one attached hydrogen (secondary N) is 2. The van der Waals surface area contributed by atoms with Crippen LogP contribution >= 0.6 is 23.2 Å². The first kappa shape index (κ1) is 44.2. The number of hydrogen-bond donors (Lipinski definition) is 2. The van der Waals surface area contributed by atoms with E-state index in [1.165, 1.54) is 10.5 Å². The van der Waals surface area contributed by atoms with Crippen LogP contribution in [0, 0.1) is 11.3 Å². The molecule has 1 spiro atoms. The molecule has 0 saturated carbocycles. The first-order valence-electron chi connectivity index (χ1n) is 23.4. The van der Waals surface area contributed by atoms with Gasteiger partial charge in [0, 0.05) is 111 Å². The van der Waals surface area contributed by atoms with Crippen LogP contribution in [-0.2, 0) is 21.4 Å². The zero-order valence-electron chi connectivity index (χ0n) is 38.0. The monoisotopic (exact) mass is 958 g/mol. The van der Waals surface area contributed by atoms with Crippen LogP contribution in [0.4, 0.5) is 16.4 Å². The summed E-state index contributed by atoms with van der Waals surface area (Å²) in [6.07, 6.45) is 8.10. The van der Waals surface area contributed by atoms with Gasteiger partial charge in [0.25, 0.3) is 0 Å². The highest BCUT2D eigenvalue weighted by atomic mass is 35.5. The Labute approximate surface area is 402 Å². The average molecular weight is 960 g/mol. The molecule has 5 aliphatic heterocycles. The zero-order valence-corrected chi connectivity index (χ0v) is 39.5. The van der Waals surface area contributed by atoms with Crippen molar-refractivity contribution in [2.75, 3.05) is 75.2 Å². The van der Waals surface area contributed by atoms with Crippen molar-refractivity contribution in [1.82, 2.24) is 50.0 Å². The van der Waals surface area contributed by atoms with Gasteiger partial charge in [-0.25, -0.2) is 9.78 Å². The number of pyridine rings is 2. The molecule has 0 unspecified atom stereocenters. The minimum absolute atomic E-state index is 0.0471. The summed E-state index contributed by atoms with van der Waals surface area (Å²) in [4.78, 5) is 70.2. The van der Waals surface area contributed by atoms with Gasteiger partial charge in [0.05, 0.1) is 27.6 Å². The molecule has 0 radical (unpaired) electrons.